The number of hydrogen-bond acceptors (Lipinski definition) is 3. The highest BCUT2D eigenvalue weighted by Gasteiger charge is 1.93. The molecule has 16 heavy (non-hydrogen) atoms. The fourth-order valence-electron chi connectivity index (χ4n) is 1.23. The quantitative estimate of drug-likeness (QED) is 0.377. The number of nitrogens with one attached hydrogen (secondary N) is 1. The molecule has 0 fully saturated rings. The molecule has 1 aromatic carbocycles. The number of nitrogens with zero attached hydrogens (tertiary/aromatic N) is 1. The van der Waals surface area contributed by atoms with Crippen molar-refractivity contribution in [1.82, 2.24) is 0 Å². The van der Waals surface area contributed by atoms with Crippen molar-refractivity contribution >= 4 is 11.6 Å². The molecule has 0 saturated heterocycles. The lowest BCUT2D eigenvalue weighted by Crippen LogP contribution is -2.23. The Morgan fingerprint density at radius 1 is 1.31 bits per heavy atom. The van der Waals surface area contributed by atoms with Crippen molar-refractivity contribution in [2.24, 2.45) is 16.5 Å². The molecule has 0 aliphatic rings. The van der Waals surface area contributed by atoms with Crippen molar-refractivity contribution < 1.29 is 4.74 Å². The molecular weight excluding hydrogens is 204 g/mol. The first-order valence-electron chi connectivity index (χ1n) is 5.15. The van der Waals surface area contributed by atoms with E-state index in [-0.39, 0.29) is 5.96 Å². The summed E-state index contributed by atoms with van der Waals surface area (Å²) >= 11 is 0. The fraction of sp³-hybridized carbons (Fsp3) is 0.364. The van der Waals surface area contributed by atoms with E-state index in [1.807, 2.05) is 24.3 Å². The molecule has 0 aromatic heterocycles. The second-order valence-corrected chi connectivity index (χ2v) is 3.32. The van der Waals surface area contributed by atoms with Gasteiger partial charge >= 0.3 is 0 Å². The van der Waals surface area contributed by atoms with Crippen LogP contribution in [0.3, 0.4) is 0 Å². The van der Waals surface area contributed by atoms with Gasteiger partial charge in [-0.3, -0.25) is 4.99 Å². The molecule has 5 nitrogen and oxygen atoms in total. The van der Waals surface area contributed by atoms with Gasteiger partial charge in [0, 0.05) is 18.8 Å². The van der Waals surface area contributed by atoms with Crippen LogP contribution in [0.2, 0.25) is 0 Å². The van der Waals surface area contributed by atoms with Crippen molar-refractivity contribution in [3.8, 4) is 5.75 Å². The first-order valence-corrected chi connectivity index (χ1v) is 5.15. The smallest absolute Gasteiger partial charge is 0.185 e. The third-order valence-electron chi connectivity index (χ3n) is 2.05. The van der Waals surface area contributed by atoms with Crippen molar-refractivity contribution in [2.45, 2.75) is 6.42 Å². The second kappa shape index (κ2) is 6.55. The van der Waals surface area contributed by atoms with E-state index in [4.69, 9.17) is 16.2 Å². The van der Waals surface area contributed by atoms with Crippen LogP contribution in [0.1, 0.15) is 6.42 Å². The molecule has 0 heterocycles. The molecule has 0 spiro atoms. The zero-order chi connectivity index (χ0) is 11.8. The summed E-state index contributed by atoms with van der Waals surface area (Å²) in [5, 5.41) is 3.26. The normalized spacial score (nSPS) is 9.56. The van der Waals surface area contributed by atoms with Crippen molar-refractivity contribution in [2.75, 3.05) is 25.5 Å². The standard InChI is InChI=1S/C11H18N4O/c1-16-10-5-3-9(4-6-10)14-7-2-8-15-11(12)13/h3-6,14H,2,7-8H2,1H3,(H4,12,13,15). The van der Waals surface area contributed by atoms with Gasteiger partial charge in [-0.2, -0.15) is 0 Å². The van der Waals surface area contributed by atoms with Crippen LogP contribution in [0.15, 0.2) is 29.3 Å². The largest absolute Gasteiger partial charge is 0.497 e. The Bertz CT molecular complexity index is 330. The third kappa shape index (κ3) is 4.54. The molecule has 1 aromatic rings. The number of aliphatic imine (C=N–C) groups is 1. The average Bonchev–Trinajstić information content (AvgIpc) is 2.29. The molecule has 5 heteroatoms. The molecule has 88 valence electrons. The molecule has 0 saturated carbocycles. The van der Waals surface area contributed by atoms with E-state index in [2.05, 4.69) is 10.3 Å². The van der Waals surface area contributed by atoms with E-state index >= 15 is 0 Å². The number of methoxy groups -OCH3 is 1. The maximum Gasteiger partial charge on any atom is 0.185 e. The number of hydrogen-bond donors (Lipinski definition) is 3. The van der Waals surface area contributed by atoms with Gasteiger partial charge in [-0.1, -0.05) is 0 Å². The van der Waals surface area contributed by atoms with E-state index in [1.165, 1.54) is 0 Å². The van der Waals surface area contributed by atoms with Crippen LogP contribution in [0.25, 0.3) is 0 Å². The topological polar surface area (TPSA) is 85.7 Å². The van der Waals surface area contributed by atoms with Crippen LogP contribution in [-0.4, -0.2) is 26.2 Å². The first-order chi connectivity index (χ1) is 7.72. The lowest BCUT2D eigenvalue weighted by atomic mass is 10.3. The van der Waals surface area contributed by atoms with Gasteiger partial charge in [-0.05, 0) is 30.7 Å². The summed E-state index contributed by atoms with van der Waals surface area (Å²) in [6, 6.07) is 7.77. The number of nitrogens with two attached hydrogens (primary N) is 2. The fourth-order valence-corrected chi connectivity index (χ4v) is 1.23. The number of rotatable bonds is 6. The van der Waals surface area contributed by atoms with Gasteiger partial charge < -0.3 is 21.5 Å². The Labute approximate surface area is 95.5 Å². The van der Waals surface area contributed by atoms with E-state index in [0.29, 0.717) is 6.54 Å². The summed E-state index contributed by atoms with van der Waals surface area (Å²) < 4.78 is 5.07. The maximum atomic E-state index is 5.21. The molecular formula is C11H18N4O. The van der Waals surface area contributed by atoms with Gasteiger partial charge in [0.2, 0.25) is 0 Å². The highest BCUT2D eigenvalue weighted by atomic mass is 16.5. The van der Waals surface area contributed by atoms with Gasteiger partial charge in [0.25, 0.3) is 0 Å². The molecule has 0 bridgehead atoms. The zero-order valence-corrected chi connectivity index (χ0v) is 9.44. The van der Waals surface area contributed by atoms with E-state index in [0.717, 1.165) is 24.4 Å². The number of benzene rings is 1. The highest BCUT2D eigenvalue weighted by molar-refractivity contribution is 5.75. The Morgan fingerprint density at radius 3 is 2.56 bits per heavy atom. The van der Waals surface area contributed by atoms with Gasteiger partial charge in [0.05, 0.1) is 7.11 Å². The van der Waals surface area contributed by atoms with E-state index in [1.54, 1.807) is 7.11 Å². The second-order valence-electron chi connectivity index (χ2n) is 3.32. The summed E-state index contributed by atoms with van der Waals surface area (Å²) in [5.41, 5.74) is 11.5. The highest BCUT2D eigenvalue weighted by Crippen LogP contribution is 2.14. The maximum absolute atomic E-state index is 5.21. The van der Waals surface area contributed by atoms with Gasteiger partial charge in [-0.15, -0.1) is 0 Å². The van der Waals surface area contributed by atoms with Crippen LogP contribution >= 0.6 is 0 Å². The number of anilines is 1. The number of ether oxygens (including phenoxy) is 1. The van der Waals surface area contributed by atoms with Crippen LogP contribution in [0, 0.1) is 0 Å². The summed E-state index contributed by atoms with van der Waals surface area (Å²) in [6.45, 7) is 1.48. The van der Waals surface area contributed by atoms with Crippen molar-refractivity contribution in [3.05, 3.63) is 24.3 Å². The van der Waals surface area contributed by atoms with Crippen LogP contribution in [0.5, 0.6) is 5.75 Å². The Balaban J connectivity index is 2.24. The van der Waals surface area contributed by atoms with Crippen molar-refractivity contribution in [1.29, 1.82) is 0 Å². The monoisotopic (exact) mass is 222 g/mol. The Kier molecular flexibility index (Phi) is 4.98. The molecule has 0 atom stereocenters. The van der Waals surface area contributed by atoms with Crippen LogP contribution in [-0.2, 0) is 0 Å². The molecule has 0 aliphatic carbocycles. The lowest BCUT2D eigenvalue weighted by Gasteiger charge is -2.06. The number of guanidine groups is 1. The SMILES string of the molecule is COc1ccc(NCCCN=C(N)N)cc1. The predicted octanol–water partition coefficient (Wildman–Crippen LogP) is 0.771. The van der Waals surface area contributed by atoms with Gasteiger partial charge in [-0.25, -0.2) is 0 Å². The zero-order valence-electron chi connectivity index (χ0n) is 9.44. The lowest BCUT2D eigenvalue weighted by molar-refractivity contribution is 0.415. The Hall–Kier alpha value is -1.91. The minimum atomic E-state index is 0.143. The minimum absolute atomic E-state index is 0.143. The van der Waals surface area contributed by atoms with Gasteiger partial charge in [0.15, 0.2) is 5.96 Å². The summed E-state index contributed by atoms with van der Waals surface area (Å²) in [6.07, 6.45) is 0.893. The first kappa shape index (κ1) is 12.2. The molecule has 0 amide bonds. The summed E-state index contributed by atoms with van der Waals surface area (Å²) in [5.74, 6) is 0.996. The summed E-state index contributed by atoms with van der Waals surface area (Å²) in [4.78, 5) is 3.90. The molecule has 0 aliphatic heterocycles. The van der Waals surface area contributed by atoms with Crippen LogP contribution in [0.4, 0.5) is 5.69 Å². The third-order valence-corrected chi connectivity index (χ3v) is 2.05. The Morgan fingerprint density at radius 2 is 2.00 bits per heavy atom. The predicted molar refractivity (Wildman–Crippen MR) is 66.8 cm³/mol. The molecule has 0 unspecified atom stereocenters. The summed E-state index contributed by atoms with van der Waals surface area (Å²) in [7, 11) is 1.65. The van der Waals surface area contributed by atoms with Crippen LogP contribution < -0.4 is 21.5 Å². The molecule has 0 radical (unpaired) electrons. The van der Waals surface area contributed by atoms with Crippen molar-refractivity contribution in [3.63, 3.8) is 0 Å². The minimum Gasteiger partial charge on any atom is -0.497 e. The average molecular weight is 222 g/mol. The van der Waals surface area contributed by atoms with E-state index in [9.17, 15) is 0 Å². The molecule has 5 N–H and O–H groups in total. The van der Waals surface area contributed by atoms with E-state index < -0.39 is 0 Å². The van der Waals surface area contributed by atoms with Gasteiger partial charge in [0.1, 0.15) is 5.75 Å². The molecule has 1 rings (SSSR count).